The standard InChI is InChI=1S/C15H12BrN3O2/c1-8-2-3-9(6-11(8)16)14-18-15(21-19-14)10-4-5-13(20)12(17)7-10/h2-7,20H,17H2,1H3. The highest BCUT2D eigenvalue weighted by atomic mass is 79.9. The maximum Gasteiger partial charge on any atom is 0.258 e. The third-order valence-corrected chi connectivity index (χ3v) is 3.98. The van der Waals surface area contributed by atoms with E-state index in [4.69, 9.17) is 10.3 Å². The molecule has 0 aliphatic rings. The number of hydrogen-bond donors (Lipinski definition) is 2. The third kappa shape index (κ3) is 2.62. The number of phenols is 1. The van der Waals surface area contributed by atoms with Crippen LogP contribution >= 0.6 is 15.9 Å². The number of aromatic hydroxyl groups is 1. The van der Waals surface area contributed by atoms with Crippen LogP contribution in [-0.2, 0) is 0 Å². The van der Waals surface area contributed by atoms with E-state index in [1.54, 1.807) is 12.1 Å². The Labute approximate surface area is 129 Å². The second-order valence-corrected chi connectivity index (χ2v) is 5.52. The van der Waals surface area contributed by atoms with E-state index < -0.39 is 0 Å². The van der Waals surface area contributed by atoms with E-state index in [-0.39, 0.29) is 11.4 Å². The van der Waals surface area contributed by atoms with Gasteiger partial charge in [0.1, 0.15) is 5.75 Å². The fraction of sp³-hybridized carbons (Fsp3) is 0.0667. The van der Waals surface area contributed by atoms with Crippen LogP contribution in [0.1, 0.15) is 5.56 Å². The van der Waals surface area contributed by atoms with Gasteiger partial charge in [0, 0.05) is 15.6 Å². The zero-order chi connectivity index (χ0) is 15.0. The molecule has 0 amide bonds. The normalized spacial score (nSPS) is 10.8. The maximum absolute atomic E-state index is 9.43. The van der Waals surface area contributed by atoms with Crippen LogP contribution in [-0.4, -0.2) is 15.2 Å². The molecule has 1 heterocycles. The van der Waals surface area contributed by atoms with E-state index in [1.807, 2.05) is 25.1 Å². The predicted molar refractivity (Wildman–Crippen MR) is 83.7 cm³/mol. The number of hydrogen-bond acceptors (Lipinski definition) is 5. The second-order valence-electron chi connectivity index (χ2n) is 4.66. The van der Waals surface area contributed by atoms with Crippen molar-refractivity contribution < 1.29 is 9.63 Å². The summed E-state index contributed by atoms with van der Waals surface area (Å²) in [5.41, 5.74) is 8.59. The highest BCUT2D eigenvalue weighted by molar-refractivity contribution is 9.10. The Morgan fingerprint density at radius 1 is 1.14 bits per heavy atom. The monoisotopic (exact) mass is 345 g/mol. The smallest absolute Gasteiger partial charge is 0.258 e. The summed E-state index contributed by atoms with van der Waals surface area (Å²) in [4.78, 5) is 4.36. The van der Waals surface area contributed by atoms with Gasteiger partial charge in [-0.05, 0) is 36.8 Å². The Hall–Kier alpha value is -2.34. The van der Waals surface area contributed by atoms with Crippen molar-refractivity contribution in [3.8, 4) is 28.6 Å². The van der Waals surface area contributed by atoms with Gasteiger partial charge >= 0.3 is 0 Å². The minimum atomic E-state index is 0.0287. The van der Waals surface area contributed by atoms with E-state index in [9.17, 15) is 5.11 Å². The zero-order valence-corrected chi connectivity index (χ0v) is 12.8. The van der Waals surface area contributed by atoms with Crippen LogP contribution in [0.3, 0.4) is 0 Å². The molecule has 3 aromatic rings. The Morgan fingerprint density at radius 3 is 2.62 bits per heavy atom. The number of nitrogen functional groups attached to an aromatic ring is 1. The van der Waals surface area contributed by atoms with Crippen molar-refractivity contribution in [1.29, 1.82) is 0 Å². The van der Waals surface area contributed by atoms with Crippen molar-refractivity contribution in [2.24, 2.45) is 0 Å². The number of benzene rings is 2. The number of aromatic nitrogens is 2. The molecule has 0 unspecified atom stereocenters. The molecular weight excluding hydrogens is 334 g/mol. The summed E-state index contributed by atoms with van der Waals surface area (Å²) >= 11 is 3.48. The van der Waals surface area contributed by atoms with Gasteiger partial charge in [-0.1, -0.05) is 33.2 Å². The molecule has 0 saturated carbocycles. The molecule has 1 aromatic heterocycles. The quantitative estimate of drug-likeness (QED) is 0.545. The van der Waals surface area contributed by atoms with Crippen LogP contribution in [0.15, 0.2) is 45.4 Å². The molecule has 5 nitrogen and oxygen atoms in total. The molecule has 0 atom stereocenters. The van der Waals surface area contributed by atoms with Crippen molar-refractivity contribution in [2.45, 2.75) is 6.92 Å². The Morgan fingerprint density at radius 2 is 1.90 bits per heavy atom. The third-order valence-electron chi connectivity index (χ3n) is 3.13. The van der Waals surface area contributed by atoms with Crippen LogP contribution in [0.25, 0.3) is 22.8 Å². The van der Waals surface area contributed by atoms with E-state index in [0.29, 0.717) is 17.3 Å². The fourth-order valence-electron chi connectivity index (χ4n) is 1.88. The zero-order valence-electron chi connectivity index (χ0n) is 11.2. The molecule has 21 heavy (non-hydrogen) atoms. The average molecular weight is 346 g/mol. The molecular formula is C15H12BrN3O2. The van der Waals surface area contributed by atoms with Gasteiger partial charge in [-0.25, -0.2) is 0 Å². The first kappa shape index (κ1) is 13.6. The van der Waals surface area contributed by atoms with E-state index in [0.717, 1.165) is 15.6 Å². The number of rotatable bonds is 2. The van der Waals surface area contributed by atoms with Crippen LogP contribution in [0.4, 0.5) is 5.69 Å². The Balaban J connectivity index is 1.99. The van der Waals surface area contributed by atoms with Crippen LogP contribution in [0.5, 0.6) is 5.75 Å². The maximum atomic E-state index is 9.43. The summed E-state index contributed by atoms with van der Waals surface area (Å²) in [6, 6.07) is 10.6. The molecule has 0 spiro atoms. The summed E-state index contributed by atoms with van der Waals surface area (Å²) in [6.07, 6.45) is 0. The second kappa shape index (κ2) is 5.21. The number of phenolic OH excluding ortho intramolecular Hbond substituents is 1. The van der Waals surface area contributed by atoms with Crippen molar-refractivity contribution in [2.75, 3.05) is 5.73 Å². The predicted octanol–water partition coefficient (Wildman–Crippen LogP) is 3.76. The van der Waals surface area contributed by atoms with Crippen LogP contribution in [0.2, 0.25) is 0 Å². The summed E-state index contributed by atoms with van der Waals surface area (Å²) in [5.74, 6) is 0.881. The highest BCUT2D eigenvalue weighted by Gasteiger charge is 2.12. The van der Waals surface area contributed by atoms with Gasteiger partial charge in [0.05, 0.1) is 5.69 Å². The fourth-order valence-corrected chi connectivity index (χ4v) is 2.26. The van der Waals surface area contributed by atoms with Crippen LogP contribution in [0, 0.1) is 6.92 Å². The summed E-state index contributed by atoms with van der Waals surface area (Å²) in [7, 11) is 0. The van der Waals surface area contributed by atoms with Gasteiger partial charge in [-0.15, -0.1) is 0 Å². The highest BCUT2D eigenvalue weighted by Crippen LogP contribution is 2.29. The van der Waals surface area contributed by atoms with Crippen molar-refractivity contribution in [3.63, 3.8) is 0 Å². The molecule has 3 N–H and O–H groups in total. The molecule has 0 fully saturated rings. The minimum Gasteiger partial charge on any atom is -0.506 e. The Bertz CT molecular complexity index is 748. The summed E-state index contributed by atoms with van der Waals surface area (Å²) < 4.78 is 6.24. The molecule has 0 bridgehead atoms. The molecule has 2 aromatic carbocycles. The lowest BCUT2D eigenvalue weighted by Gasteiger charge is -2.00. The largest absolute Gasteiger partial charge is 0.506 e. The lowest BCUT2D eigenvalue weighted by Crippen LogP contribution is -1.87. The lowest BCUT2D eigenvalue weighted by molar-refractivity contribution is 0.432. The molecule has 6 heteroatoms. The summed E-state index contributed by atoms with van der Waals surface area (Å²) in [6.45, 7) is 2.01. The first-order valence-electron chi connectivity index (χ1n) is 6.23. The van der Waals surface area contributed by atoms with E-state index in [2.05, 4.69) is 26.1 Å². The number of halogens is 1. The molecule has 0 saturated heterocycles. The Kier molecular flexibility index (Phi) is 3.39. The molecule has 0 aliphatic carbocycles. The molecule has 0 radical (unpaired) electrons. The lowest BCUT2D eigenvalue weighted by atomic mass is 10.1. The first-order chi connectivity index (χ1) is 10.0. The summed E-state index contributed by atoms with van der Waals surface area (Å²) in [5, 5.41) is 13.4. The van der Waals surface area contributed by atoms with E-state index in [1.165, 1.54) is 6.07 Å². The number of nitrogens with zero attached hydrogens (tertiary/aromatic N) is 2. The van der Waals surface area contributed by atoms with Gasteiger partial charge < -0.3 is 15.4 Å². The number of nitrogens with two attached hydrogens (primary N) is 1. The van der Waals surface area contributed by atoms with Gasteiger partial charge in [0.2, 0.25) is 5.82 Å². The molecule has 0 aliphatic heterocycles. The average Bonchev–Trinajstić information content (AvgIpc) is 2.94. The topological polar surface area (TPSA) is 85.2 Å². The van der Waals surface area contributed by atoms with Crippen molar-refractivity contribution >= 4 is 21.6 Å². The van der Waals surface area contributed by atoms with Crippen molar-refractivity contribution in [1.82, 2.24) is 10.1 Å². The number of anilines is 1. The molecule has 3 rings (SSSR count). The molecule has 106 valence electrons. The van der Waals surface area contributed by atoms with Gasteiger partial charge in [0.25, 0.3) is 5.89 Å². The number of aryl methyl sites for hydroxylation is 1. The minimum absolute atomic E-state index is 0.0287. The van der Waals surface area contributed by atoms with Gasteiger partial charge in [0.15, 0.2) is 0 Å². The first-order valence-corrected chi connectivity index (χ1v) is 7.03. The van der Waals surface area contributed by atoms with Gasteiger partial charge in [-0.3, -0.25) is 0 Å². The van der Waals surface area contributed by atoms with Crippen LogP contribution < -0.4 is 5.73 Å². The van der Waals surface area contributed by atoms with E-state index >= 15 is 0 Å². The van der Waals surface area contributed by atoms with Crippen molar-refractivity contribution in [3.05, 3.63) is 46.4 Å². The van der Waals surface area contributed by atoms with Gasteiger partial charge in [-0.2, -0.15) is 4.98 Å². The SMILES string of the molecule is Cc1ccc(-c2noc(-c3ccc(O)c(N)c3)n2)cc1Br.